The first-order chi connectivity index (χ1) is 10.8. The summed E-state index contributed by atoms with van der Waals surface area (Å²) >= 11 is 0. The van der Waals surface area contributed by atoms with Gasteiger partial charge in [0.1, 0.15) is 5.69 Å². The quantitative estimate of drug-likeness (QED) is 0.852. The maximum atomic E-state index is 12.8. The molecule has 1 aliphatic rings. The minimum absolute atomic E-state index is 0.0294. The van der Waals surface area contributed by atoms with E-state index in [2.05, 4.69) is 19.9 Å². The maximum Gasteiger partial charge on any atom is 0.433 e. The molecule has 0 saturated carbocycles. The van der Waals surface area contributed by atoms with Gasteiger partial charge in [-0.15, -0.1) is 0 Å². The minimum atomic E-state index is -4.56. The van der Waals surface area contributed by atoms with Crippen LogP contribution in [0.2, 0.25) is 0 Å². The maximum absolute atomic E-state index is 12.8. The van der Waals surface area contributed by atoms with Gasteiger partial charge >= 0.3 is 6.18 Å². The van der Waals surface area contributed by atoms with Crippen molar-refractivity contribution in [3.8, 4) is 11.4 Å². The molecular formula is C13H13F3N6O. The Morgan fingerprint density at radius 2 is 2.04 bits per heavy atom. The molecule has 3 rings (SSSR count). The molecule has 1 saturated heterocycles. The summed E-state index contributed by atoms with van der Waals surface area (Å²) in [7, 11) is 0. The van der Waals surface area contributed by atoms with Crippen LogP contribution in [0.1, 0.15) is 12.1 Å². The zero-order chi connectivity index (χ0) is 16.6. The van der Waals surface area contributed by atoms with Crippen LogP contribution in [-0.2, 0) is 6.18 Å². The van der Waals surface area contributed by atoms with Gasteiger partial charge in [-0.2, -0.15) is 28.1 Å². The van der Waals surface area contributed by atoms with Crippen LogP contribution < -0.4 is 10.6 Å². The summed E-state index contributed by atoms with van der Waals surface area (Å²) in [4.78, 5) is 17.0. The molecule has 0 radical (unpaired) electrons. The summed E-state index contributed by atoms with van der Waals surface area (Å²) in [5, 5.41) is 9.57. The van der Waals surface area contributed by atoms with E-state index in [1.807, 2.05) is 0 Å². The molecule has 1 fully saturated rings. The number of aliphatic hydroxyl groups excluding tert-OH is 1. The van der Waals surface area contributed by atoms with Crippen molar-refractivity contribution in [1.82, 2.24) is 19.9 Å². The van der Waals surface area contributed by atoms with Crippen LogP contribution in [0.3, 0.4) is 0 Å². The first-order valence-electron chi connectivity index (χ1n) is 6.81. The first kappa shape index (κ1) is 15.4. The highest BCUT2D eigenvalue weighted by Gasteiger charge is 2.33. The number of nitrogens with zero attached hydrogens (tertiary/aromatic N) is 5. The lowest BCUT2D eigenvalue weighted by Gasteiger charge is -2.16. The van der Waals surface area contributed by atoms with E-state index in [0.717, 1.165) is 12.3 Å². The number of pyridine rings is 1. The lowest BCUT2D eigenvalue weighted by Crippen LogP contribution is -2.24. The Labute approximate surface area is 129 Å². The minimum Gasteiger partial charge on any atom is -0.391 e. The fourth-order valence-corrected chi connectivity index (χ4v) is 2.30. The van der Waals surface area contributed by atoms with Gasteiger partial charge in [0, 0.05) is 24.8 Å². The molecule has 0 spiro atoms. The Kier molecular flexibility index (Phi) is 3.76. The smallest absolute Gasteiger partial charge is 0.391 e. The summed E-state index contributed by atoms with van der Waals surface area (Å²) in [5.41, 5.74) is 4.74. The highest BCUT2D eigenvalue weighted by molar-refractivity contribution is 5.58. The van der Waals surface area contributed by atoms with E-state index in [0.29, 0.717) is 19.5 Å². The Morgan fingerprint density at radius 3 is 2.70 bits per heavy atom. The predicted molar refractivity (Wildman–Crippen MR) is 75.3 cm³/mol. The van der Waals surface area contributed by atoms with E-state index in [1.165, 1.54) is 6.07 Å². The monoisotopic (exact) mass is 326 g/mol. The van der Waals surface area contributed by atoms with Crippen molar-refractivity contribution in [2.24, 2.45) is 0 Å². The van der Waals surface area contributed by atoms with Gasteiger partial charge in [0.2, 0.25) is 11.9 Å². The molecule has 10 heteroatoms. The molecule has 7 nitrogen and oxygen atoms in total. The van der Waals surface area contributed by atoms with Gasteiger partial charge in [0.25, 0.3) is 0 Å². The summed E-state index contributed by atoms with van der Waals surface area (Å²) < 4.78 is 38.3. The number of aliphatic hydroxyl groups is 1. The van der Waals surface area contributed by atoms with Crippen LogP contribution in [-0.4, -0.2) is 44.2 Å². The molecule has 1 atom stereocenters. The summed E-state index contributed by atoms with van der Waals surface area (Å²) in [5.74, 6) is 0.160. The van der Waals surface area contributed by atoms with Crippen LogP contribution in [0.4, 0.5) is 25.1 Å². The lowest BCUT2D eigenvalue weighted by molar-refractivity contribution is -0.141. The molecule has 0 amide bonds. The van der Waals surface area contributed by atoms with Gasteiger partial charge in [-0.25, -0.2) is 0 Å². The summed E-state index contributed by atoms with van der Waals surface area (Å²) in [6.45, 7) is 0.876. The van der Waals surface area contributed by atoms with Crippen molar-refractivity contribution in [2.45, 2.75) is 18.7 Å². The van der Waals surface area contributed by atoms with Gasteiger partial charge in [0.15, 0.2) is 5.82 Å². The van der Waals surface area contributed by atoms with Gasteiger partial charge in [-0.1, -0.05) is 0 Å². The van der Waals surface area contributed by atoms with Gasteiger partial charge in [0.05, 0.1) is 6.10 Å². The molecule has 3 heterocycles. The molecule has 1 aliphatic heterocycles. The molecule has 122 valence electrons. The number of hydrogen-bond acceptors (Lipinski definition) is 7. The second-order valence-corrected chi connectivity index (χ2v) is 5.13. The third-order valence-electron chi connectivity index (χ3n) is 3.40. The molecule has 23 heavy (non-hydrogen) atoms. The number of anilines is 2. The van der Waals surface area contributed by atoms with Gasteiger partial charge in [-0.3, -0.25) is 4.98 Å². The molecule has 0 bridgehead atoms. The van der Waals surface area contributed by atoms with Crippen molar-refractivity contribution >= 4 is 11.9 Å². The molecule has 3 N–H and O–H groups in total. The topological polar surface area (TPSA) is 101 Å². The van der Waals surface area contributed by atoms with Crippen molar-refractivity contribution in [3.63, 3.8) is 0 Å². The Morgan fingerprint density at radius 1 is 1.26 bits per heavy atom. The van der Waals surface area contributed by atoms with Crippen LogP contribution in [0.5, 0.6) is 0 Å². The average Bonchev–Trinajstić information content (AvgIpc) is 2.92. The number of rotatable bonds is 2. The average molecular weight is 326 g/mol. The third kappa shape index (κ3) is 3.31. The molecular weight excluding hydrogens is 313 g/mol. The van der Waals surface area contributed by atoms with Crippen LogP contribution in [0.15, 0.2) is 18.3 Å². The van der Waals surface area contributed by atoms with Crippen LogP contribution >= 0.6 is 0 Å². The number of halogens is 3. The molecule has 2 aromatic rings. The fourth-order valence-electron chi connectivity index (χ4n) is 2.30. The first-order valence-corrected chi connectivity index (χ1v) is 6.81. The van der Waals surface area contributed by atoms with Crippen molar-refractivity contribution < 1.29 is 18.3 Å². The lowest BCUT2D eigenvalue weighted by atomic mass is 10.2. The number of nitrogen functional groups attached to an aromatic ring is 1. The summed E-state index contributed by atoms with van der Waals surface area (Å²) in [6.07, 6.45) is -3.45. The zero-order valence-corrected chi connectivity index (χ0v) is 11.8. The largest absolute Gasteiger partial charge is 0.433 e. The van der Waals surface area contributed by atoms with Gasteiger partial charge < -0.3 is 15.7 Å². The number of hydrogen-bond donors (Lipinski definition) is 2. The highest BCUT2D eigenvalue weighted by atomic mass is 19.4. The second-order valence-electron chi connectivity index (χ2n) is 5.13. The second kappa shape index (κ2) is 5.61. The van der Waals surface area contributed by atoms with Gasteiger partial charge in [-0.05, 0) is 18.6 Å². The van der Waals surface area contributed by atoms with Crippen LogP contribution in [0, 0.1) is 0 Å². The van der Waals surface area contributed by atoms with Crippen molar-refractivity contribution in [3.05, 3.63) is 24.0 Å². The van der Waals surface area contributed by atoms with E-state index in [1.54, 1.807) is 4.90 Å². The molecule has 2 aromatic heterocycles. The van der Waals surface area contributed by atoms with Crippen molar-refractivity contribution in [2.75, 3.05) is 23.7 Å². The number of alkyl halides is 3. The predicted octanol–water partition coefficient (Wildman–Crippen LogP) is 1.11. The van der Waals surface area contributed by atoms with E-state index in [4.69, 9.17) is 5.73 Å². The SMILES string of the molecule is Nc1nc(-c2ccnc(C(F)(F)F)c2)nc(N2CC[C@H](O)C2)n1. The molecule has 0 unspecified atom stereocenters. The molecule has 0 aliphatic carbocycles. The number of β-amino-alcohol motifs (C(OH)–C–C–N with tert-alkyl or cyclic N) is 1. The Bertz CT molecular complexity index is 723. The Balaban J connectivity index is 1.99. The van der Waals surface area contributed by atoms with E-state index < -0.39 is 18.0 Å². The summed E-state index contributed by atoms with van der Waals surface area (Å²) in [6, 6.07) is 2.23. The van der Waals surface area contributed by atoms with E-state index >= 15 is 0 Å². The highest BCUT2D eigenvalue weighted by Crippen LogP contribution is 2.30. The molecule has 0 aromatic carbocycles. The zero-order valence-electron chi connectivity index (χ0n) is 11.8. The van der Waals surface area contributed by atoms with Crippen molar-refractivity contribution in [1.29, 1.82) is 0 Å². The number of aromatic nitrogens is 4. The van der Waals surface area contributed by atoms with E-state index in [9.17, 15) is 18.3 Å². The normalized spacial score (nSPS) is 18.4. The standard InChI is InChI=1S/C13H13F3N6O/c14-13(15,16)9-5-7(1-3-18-9)10-19-11(17)21-12(20-10)22-4-2-8(23)6-22/h1,3,5,8,23H,2,4,6H2,(H2,17,19,20,21)/t8-/m0/s1. The Hall–Kier alpha value is -2.49. The number of nitrogens with two attached hydrogens (primary N) is 1. The van der Waals surface area contributed by atoms with Crippen LogP contribution in [0.25, 0.3) is 11.4 Å². The van der Waals surface area contributed by atoms with E-state index in [-0.39, 0.29) is 23.3 Å². The fraction of sp³-hybridized carbons (Fsp3) is 0.385. The third-order valence-corrected chi connectivity index (χ3v) is 3.40.